The zero-order chi connectivity index (χ0) is 36.5. The summed E-state index contributed by atoms with van der Waals surface area (Å²) in [5.41, 5.74) is 4.45. The second kappa shape index (κ2) is 28.6. The molecule has 2 fully saturated rings. The Morgan fingerprint density at radius 3 is 2.25 bits per heavy atom. The molecular weight excluding hydrogens is 719 g/mol. The molecule has 1 saturated heterocycles. The fraction of sp³-hybridized carbons (Fsp3) is 0.692. The van der Waals surface area contributed by atoms with Gasteiger partial charge in [-0.05, 0) is 88.9 Å². The van der Waals surface area contributed by atoms with Crippen LogP contribution >= 0.6 is 0 Å². The molecule has 1 heterocycles. The normalized spacial score (nSPS) is 19.0. The SMILES string of the molecule is C#CCOCCOCCOCCCCCN1CCN(CC(NC(=[N-])C(/C=N\NC2CCC(C)C2)=C\[N-]C)c2ccccc2)CC1.CC(C)(C)O.[Y]. The van der Waals surface area contributed by atoms with Gasteiger partial charge in [-0.3, -0.25) is 0 Å². The van der Waals surface area contributed by atoms with Crippen molar-refractivity contribution in [2.75, 3.05) is 86.0 Å². The second-order valence-electron chi connectivity index (χ2n) is 14.2. The first-order valence-electron chi connectivity index (χ1n) is 18.4. The average molecular weight is 785 g/mol. The van der Waals surface area contributed by atoms with E-state index in [1.54, 1.807) is 40.2 Å². The Hall–Kier alpha value is -1.88. The summed E-state index contributed by atoms with van der Waals surface area (Å²) in [7, 11) is 1.70. The molecule has 1 aliphatic heterocycles. The van der Waals surface area contributed by atoms with Gasteiger partial charge in [-0.15, -0.1) is 13.5 Å². The minimum Gasteiger partial charge on any atom is -0.693 e. The number of ether oxygens (including phenoxy) is 3. The van der Waals surface area contributed by atoms with Crippen LogP contribution in [0.5, 0.6) is 0 Å². The van der Waals surface area contributed by atoms with E-state index in [0.29, 0.717) is 44.6 Å². The van der Waals surface area contributed by atoms with Gasteiger partial charge in [0.25, 0.3) is 0 Å². The van der Waals surface area contributed by atoms with Crippen molar-refractivity contribution >= 4 is 12.1 Å². The standard InChI is InChI=1S/C35H55N7O3.C4H10O.Y/c1-4-20-43-22-24-45-25-23-44-21-10-6-9-15-41-16-18-42(19-17-41)29-34(31-11-7-5-8-12-31)39-35(36)32(27-37-3)28-38-40-33-14-13-30(2)26-33;1-4(2,3)5;/h1,5,7-8,11-12,27-28,30,33-34,40H,6,9-10,13-26,29H2,2-3H3,(H-,36,39);5H,1-3H3;/q-2;;/b32-27-,38-28-;;. The van der Waals surface area contributed by atoms with Crippen LogP contribution in [-0.2, 0) is 46.9 Å². The molecule has 1 radical (unpaired) electrons. The monoisotopic (exact) mass is 784 g/mol. The number of unbranched alkanes of at least 4 members (excludes halogenated alkanes) is 2. The van der Waals surface area contributed by atoms with Crippen molar-refractivity contribution in [3.63, 3.8) is 0 Å². The number of benzene rings is 1. The van der Waals surface area contributed by atoms with Gasteiger partial charge in [-0.25, -0.2) is 0 Å². The van der Waals surface area contributed by atoms with Crippen LogP contribution in [0, 0.1) is 18.3 Å². The number of hydrogen-bond donors (Lipinski definition) is 3. The van der Waals surface area contributed by atoms with E-state index in [1.165, 1.54) is 12.8 Å². The third-order valence-electron chi connectivity index (χ3n) is 8.31. The van der Waals surface area contributed by atoms with Crippen LogP contribution in [0.3, 0.4) is 0 Å². The summed E-state index contributed by atoms with van der Waals surface area (Å²) >= 11 is 0. The zero-order valence-electron chi connectivity index (χ0n) is 32.1. The van der Waals surface area contributed by atoms with Crippen molar-refractivity contribution in [1.82, 2.24) is 20.5 Å². The summed E-state index contributed by atoms with van der Waals surface area (Å²) in [5.74, 6) is 3.25. The van der Waals surface area contributed by atoms with E-state index in [2.05, 4.69) is 55.9 Å². The average Bonchev–Trinajstić information content (AvgIpc) is 3.51. The van der Waals surface area contributed by atoms with Crippen molar-refractivity contribution in [2.45, 2.75) is 83.9 Å². The number of nitrogens with zero attached hydrogens (tertiary/aromatic N) is 5. The van der Waals surface area contributed by atoms with E-state index >= 15 is 0 Å². The van der Waals surface area contributed by atoms with Crippen molar-refractivity contribution in [1.29, 1.82) is 0 Å². The van der Waals surface area contributed by atoms with Crippen LogP contribution in [0.15, 0.2) is 47.2 Å². The molecule has 1 aromatic rings. The number of nitrogens with one attached hydrogen (secondary N) is 2. The molecule has 3 atom stereocenters. The smallest absolute Gasteiger partial charge is 0.107 e. The van der Waals surface area contributed by atoms with Gasteiger partial charge in [0.1, 0.15) is 6.61 Å². The van der Waals surface area contributed by atoms with Gasteiger partial charge >= 0.3 is 0 Å². The van der Waals surface area contributed by atoms with Gasteiger partial charge in [0.15, 0.2) is 0 Å². The van der Waals surface area contributed by atoms with Gasteiger partial charge in [0.05, 0.1) is 38.2 Å². The molecule has 3 N–H and O–H groups in total. The molecule has 51 heavy (non-hydrogen) atoms. The quantitative estimate of drug-likeness (QED) is 0.0483. The Balaban J connectivity index is 0.00000202. The van der Waals surface area contributed by atoms with Crippen LogP contribution in [0.4, 0.5) is 0 Å². The van der Waals surface area contributed by atoms with Crippen molar-refractivity contribution in [3.8, 4) is 12.3 Å². The number of hydrazone groups is 1. The van der Waals surface area contributed by atoms with E-state index in [9.17, 15) is 5.41 Å². The first kappa shape index (κ1) is 47.1. The number of amidine groups is 1. The third-order valence-corrected chi connectivity index (χ3v) is 8.31. The van der Waals surface area contributed by atoms with E-state index in [0.717, 1.165) is 83.0 Å². The zero-order valence-corrected chi connectivity index (χ0v) is 34.9. The Kier molecular flexibility index (Phi) is 26.4. The van der Waals surface area contributed by atoms with E-state index in [4.69, 9.17) is 25.7 Å². The number of piperazine rings is 1. The van der Waals surface area contributed by atoms with E-state index in [1.807, 2.05) is 18.2 Å². The van der Waals surface area contributed by atoms with Crippen LogP contribution in [0.25, 0.3) is 10.7 Å². The van der Waals surface area contributed by atoms with E-state index in [-0.39, 0.29) is 44.6 Å². The summed E-state index contributed by atoms with van der Waals surface area (Å²) in [6.07, 6.45) is 15.3. The molecule has 3 unspecified atom stereocenters. The van der Waals surface area contributed by atoms with Crippen LogP contribution in [-0.4, -0.2) is 125 Å². The summed E-state index contributed by atoms with van der Waals surface area (Å²) < 4.78 is 16.3. The number of aliphatic hydroxyl groups is 1. The number of hydrogen-bond acceptors (Lipinski definition) is 8. The predicted molar refractivity (Wildman–Crippen MR) is 206 cm³/mol. The largest absolute Gasteiger partial charge is 0.693 e. The fourth-order valence-corrected chi connectivity index (χ4v) is 5.74. The minimum atomic E-state index is -0.500. The molecule has 3 rings (SSSR count). The molecule has 1 aromatic carbocycles. The Morgan fingerprint density at radius 1 is 1.02 bits per heavy atom. The Labute approximate surface area is 334 Å². The Morgan fingerprint density at radius 2 is 1.65 bits per heavy atom. The van der Waals surface area contributed by atoms with Crippen molar-refractivity contribution in [3.05, 3.63) is 58.4 Å². The van der Waals surface area contributed by atoms with E-state index < -0.39 is 5.60 Å². The molecule has 11 nitrogen and oxygen atoms in total. The molecule has 285 valence electrons. The van der Waals surface area contributed by atoms with Gasteiger partial charge in [-0.2, -0.15) is 11.3 Å². The Bertz CT molecular complexity index is 1130. The summed E-state index contributed by atoms with van der Waals surface area (Å²) in [6, 6.07) is 10.7. The van der Waals surface area contributed by atoms with Gasteiger partial charge in [-0.1, -0.05) is 49.0 Å². The number of terminal acetylenes is 1. The van der Waals surface area contributed by atoms with Crippen LogP contribution < -0.4 is 10.7 Å². The first-order valence-corrected chi connectivity index (χ1v) is 18.4. The van der Waals surface area contributed by atoms with Crippen LogP contribution in [0.2, 0.25) is 0 Å². The topological polar surface area (TPSA) is 127 Å². The van der Waals surface area contributed by atoms with Crippen molar-refractivity contribution in [2.24, 2.45) is 11.0 Å². The molecule has 2 aliphatic rings. The van der Waals surface area contributed by atoms with Gasteiger partial charge < -0.3 is 50.6 Å². The maximum Gasteiger partial charge on any atom is 0.107 e. The summed E-state index contributed by atoms with van der Waals surface area (Å²) in [5, 5.41) is 31.6. The maximum absolute atomic E-state index is 11.1. The fourth-order valence-electron chi connectivity index (χ4n) is 5.74. The summed E-state index contributed by atoms with van der Waals surface area (Å²) in [4.78, 5) is 5.04. The molecule has 0 bridgehead atoms. The second-order valence-corrected chi connectivity index (χ2v) is 14.2. The maximum atomic E-state index is 11.1. The van der Waals surface area contributed by atoms with Crippen LogP contribution in [0.1, 0.15) is 77.8 Å². The van der Waals surface area contributed by atoms with Crippen molar-refractivity contribution < 1.29 is 52.0 Å². The molecule has 1 saturated carbocycles. The molecule has 1 aliphatic carbocycles. The van der Waals surface area contributed by atoms with Gasteiger partial charge in [0, 0.05) is 78.1 Å². The minimum absolute atomic E-state index is 0. The number of rotatable bonds is 22. The molecule has 0 aromatic heterocycles. The third kappa shape index (κ3) is 24.1. The van der Waals surface area contributed by atoms with Gasteiger partial charge in [0.2, 0.25) is 0 Å². The summed E-state index contributed by atoms with van der Waals surface area (Å²) in [6.45, 7) is 16.9. The molecule has 12 heteroatoms. The first-order chi connectivity index (χ1) is 24.1. The predicted octanol–water partition coefficient (Wildman–Crippen LogP) is 5.18. The molecule has 0 spiro atoms. The molecular formula is C39H65N7O4Y-2. The molecule has 0 amide bonds.